The van der Waals surface area contributed by atoms with Gasteiger partial charge in [0.1, 0.15) is 11.9 Å². The van der Waals surface area contributed by atoms with Crippen molar-refractivity contribution >= 4 is 5.91 Å². The van der Waals surface area contributed by atoms with Gasteiger partial charge in [0, 0.05) is 37.9 Å². The van der Waals surface area contributed by atoms with Gasteiger partial charge in [0.05, 0.1) is 0 Å². The third kappa shape index (κ3) is 5.96. The molecule has 0 radical (unpaired) electrons. The molecule has 6 heteroatoms. The summed E-state index contributed by atoms with van der Waals surface area (Å²) in [6.07, 6.45) is 8.46. The molecule has 0 aliphatic heterocycles. The molecule has 0 spiro atoms. The lowest BCUT2D eigenvalue weighted by molar-refractivity contribution is -0.123. The van der Waals surface area contributed by atoms with Crippen molar-refractivity contribution in [3.05, 3.63) is 95.8 Å². The predicted molar refractivity (Wildman–Crippen MR) is 106 cm³/mol. The summed E-state index contributed by atoms with van der Waals surface area (Å²) in [7, 11) is 0. The van der Waals surface area contributed by atoms with E-state index in [9.17, 15) is 9.18 Å². The number of amides is 1. The highest BCUT2D eigenvalue weighted by atomic mass is 19.1. The number of nitrogens with one attached hydrogen (secondary N) is 2. The van der Waals surface area contributed by atoms with Crippen LogP contribution in [-0.2, 0) is 17.6 Å². The van der Waals surface area contributed by atoms with Crippen molar-refractivity contribution in [2.45, 2.75) is 18.9 Å². The van der Waals surface area contributed by atoms with Gasteiger partial charge >= 0.3 is 0 Å². The van der Waals surface area contributed by atoms with Crippen LogP contribution in [0.5, 0.6) is 0 Å². The Kier molecular flexibility index (Phi) is 7.21. The monoisotopic (exact) mass is 378 g/mol. The number of aromatic nitrogens is 2. The maximum atomic E-state index is 13.3. The van der Waals surface area contributed by atoms with Gasteiger partial charge < -0.3 is 10.6 Å². The Morgan fingerprint density at radius 2 is 1.36 bits per heavy atom. The fourth-order valence-electron chi connectivity index (χ4n) is 2.91. The van der Waals surface area contributed by atoms with E-state index in [1.54, 1.807) is 36.9 Å². The molecule has 3 rings (SSSR count). The Labute approximate surface area is 164 Å². The molecule has 3 aromatic rings. The first-order valence-corrected chi connectivity index (χ1v) is 9.27. The number of carbonyl (C=O) groups excluding carboxylic acids is 1. The van der Waals surface area contributed by atoms with Gasteiger partial charge in [0.15, 0.2) is 0 Å². The van der Waals surface area contributed by atoms with Crippen LogP contribution in [-0.4, -0.2) is 29.0 Å². The molecule has 2 aromatic heterocycles. The van der Waals surface area contributed by atoms with Crippen LogP contribution < -0.4 is 10.6 Å². The first kappa shape index (κ1) is 19.6. The van der Waals surface area contributed by atoms with Crippen LogP contribution in [0.25, 0.3) is 0 Å². The highest BCUT2D eigenvalue weighted by molar-refractivity contribution is 5.83. The third-order valence-electron chi connectivity index (χ3n) is 4.44. The molecule has 0 fully saturated rings. The fraction of sp³-hybridized carbons (Fsp3) is 0.227. The zero-order chi connectivity index (χ0) is 19.6. The molecule has 2 N–H and O–H groups in total. The van der Waals surface area contributed by atoms with E-state index in [2.05, 4.69) is 20.6 Å². The van der Waals surface area contributed by atoms with E-state index >= 15 is 0 Å². The standard InChI is InChI=1S/C22H23FN4O/c23-20-3-1-19(2-4-20)21(26-15-9-17-5-11-24-12-6-17)22(28)27-16-10-18-7-13-25-14-8-18/h1-8,11-14,21,26H,9-10,15-16H2,(H,27,28). The van der Waals surface area contributed by atoms with Crippen LogP contribution in [0, 0.1) is 5.82 Å². The molecular weight excluding hydrogens is 355 g/mol. The van der Waals surface area contributed by atoms with Gasteiger partial charge in [-0.25, -0.2) is 4.39 Å². The minimum absolute atomic E-state index is 0.129. The second-order valence-corrected chi connectivity index (χ2v) is 6.44. The molecule has 0 saturated heterocycles. The van der Waals surface area contributed by atoms with E-state index in [0.717, 1.165) is 29.5 Å². The van der Waals surface area contributed by atoms with Crippen molar-refractivity contribution in [1.29, 1.82) is 0 Å². The predicted octanol–water partition coefficient (Wildman–Crippen LogP) is 2.85. The van der Waals surface area contributed by atoms with E-state index in [-0.39, 0.29) is 11.7 Å². The minimum atomic E-state index is -0.542. The molecule has 1 aromatic carbocycles. The van der Waals surface area contributed by atoms with Crippen molar-refractivity contribution in [3.63, 3.8) is 0 Å². The van der Waals surface area contributed by atoms with Crippen molar-refractivity contribution in [2.24, 2.45) is 0 Å². The van der Waals surface area contributed by atoms with Gasteiger partial charge in [0.2, 0.25) is 5.91 Å². The maximum absolute atomic E-state index is 13.3. The normalized spacial score (nSPS) is 11.8. The van der Waals surface area contributed by atoms with Crippen LogP contribution >= 0.6 is 0 Å². The second kappa shape index (κ2) is 10.3. The topological polar surface area (TPSA) is 66.9 Å². The zero-order valence-electron chi connectivity index (χ0n) is 15.5. The van der Waals surface area contributed by atoms with Crippen molar-refractivity contribution in [3.8, 4) is 0 Å². The highest BCUT2D eigenvalue weighted by Crippen LogP contribution is 2.14. The SMILES string of the molecule is O=C(NCCc1ccncc1)C(NCCc1ccncc1)c1ccc(F)cc1. The highest BCUT2D eigenvalue weighted by Gasteiger charge is 2.19. The Morgan fingerprint density at radius 1 is 0.821 bits per heavy atom. The van der Waals surface area contributed by atoms with E-state index in [4.69, 9.17) is 0 Å². The summed E-state index contributed by atoms with van der Waals surface area (Å²) >= 11 is 0. The summed E-state index contributed by atoms with van der Waals surface area (Å²) in [6, 6.07) is 13.2. The molecule has 1 atom stereocenters. The summed E-state index contributed by atoms with van der Waals surface area (Å²) in [4.78, 5) is 20.8. The van der Waals surface area contributed by atoms with Crippen molar-refractivity contribution in [2.75, 3.05) is 13.1 Å². The quantitative estimate of drug-likeness (QED) is 0.601. The second-order valence-electron chi connectivity index (χ2n) is 6.44. The van der Waals surface area contributed by atoms with Crippen LogP contribution in [0.1, 0.15) is 22.7 Å². The molecule has 2 heterocycles. The first-order valence-electron chi connectivity index (χ1n) is 9.27. The summed E-state index contributed by atoms with van der Waals surface area (Å²) in [6.45, 7) is 1.14. The Hall–Kier alpha value is -3.12. The molecule has 5 nitrogen and oxygen atoms in total. The molecule has 0 aliphatic carbocycles. The molecule has 0 aliphatic rings. The lowest BCUT2D eigenvalue weighted by Gasteiger charge is -2.19. The molecule has 1 amide bonds. The van der Waals surface area contributed by atoms with Gasteiger partial charge in [-0.1, -0.05) is 12.1 Å². The van der Waals surface area contributed by atoms with Gasteiger partial charge in [0.25, 0.3) is 0 Å². The summed E-state index contributed by atoms with van der Waals surface area (Å²) in [5, 5.41) is 6.25. The van der Waals surface area contributed by atoms with E-state index < -0.39 is 6.04 Å². The Bertz CT molecular complexity index is 857. The number of hydrogen-bond acceptors (Lipinski definition) is 4. The number of halogens is 1. The van der Waals surface area contributed by atoms with Crippen molar-refractivity contribution in [1.82, 2.24) is 20.6 Å². The van der Waals surface area contributed by atoms with Crippen molar-refractivity contribution < 1.29 is 9.18 Å². The number of pyridine rings is 2. The average Bonchev–Trinajstić information content (AvgIpc) is 2.73. The summed E-state index contributed by atoms with van der Waals surface area (Å²) < 4.78 is 13.3. The van der Waals surface area contributed by atoms with Crippen LogP contribution in [0.15, 0.2) is 73.3 Å². The molecular formula is C22H23FN4O. The molecule has 0 bridgehead atoms. The number of hydrogen-bond donors (Lipinski definition) is 2. The number of nitrogens with zero attached hydrogens (tertiary/aromatic N) is 2. The lowest BCUT2D eigenvalue weighted by atomic mass is 10.1. The average molecular weight is 378 g/mol. The van der Waals surface area contributed by atoms with Gasteiger partial charge in [-0.05, 0) is 65.9 Å². The Balaban J connectivity index is 1.59. The fourth-order valence-corrected chi connectivity index (χ4v) is 2.91. The minimum Gasteiger partial charge on any atom is -0.354 e. The van der Waals surface area contributed by atoms with E-state index in [1.807, 2.05) is 24.3 Å². The number of rotatable bonds is 9. The van der Waals surface area contributed by atoms with Gasteiger partial charge in [-0.2, -0.15) is 0 Å². The first-order chi connectivity index (χ1) is 13.7. The van der Waals surface area contributed by atoms with Crippen LogP contribution in [0.4, 0.5) is 4.39 Å². The molecule has 0 saturated carbocycles. The summed E-state index contributed by atoms with van der Waals surface area (Å²) in [5.74, 6) is -0.451. The Morgan fingerprint density at radius 3 is 1.93 bits per heavy atom. The number of carbonyl (C=O) groups is 1. The molecule has 144 valence electrons. The van der Waals surface area contributed by atoms with E-state index in [0.29, 0.717) is 13.1 Å². The largest absolute Gasteiger partial charge is 0.354 e. The third-order valence-corrected chi connectivity index (χ3v) is 4.44. The zero-order valence-corrected chi connectivity index (χ0v) is 15.5. The smallest absolute Gasteiger partial charge is 0.241 e. The van der Waals surface area contributed by atoms with Crippen LogP contribution in [0.2, 0.25) is 0 Å². The maximum Gasteiger partial charge on any atom is 0.241 e. The van der Waals surface area contributed by atoms with E-state index in [1.165, 1.54) is 12.1 Å². The van der Waals surface area contributed by atoms with Gasteiger partial charge in [-0.15, -0.1) is 0 Å². The number of benzene rings is 1. The van der Waals surface area contributed by atoms with Crippen LogP contribution in [0.3, 0.4) is 0 Å². The van der Waals surface area contributed by atoms with Gasteiger partial charge in [-0.3, -0.25) is 14.8 Å². The lowest BCUT2D eigenvalue weighted by Crippen LogP contribution is -2.39. The summed E-state index contributed by atoms with van der Waals surface area (Å²) in [5.41, 5.74) is 2.98. The molecule has 28 heavy (non-hydrogen) atoms. The molecule has 1 unspecified atom stereocenters.